The van der Waals surface area contributed by atoms with E-state index in [1.165, 1.54) is 10.1 Å². The third kappa shape index (κ3) is 2.61. The van der Waals surface area contributed by atoms with Crippen LogP contribution < -0.4 is 5.32 Å². The number of fused-ring (bicyclic) bond motifs is 1. The standard InChI is InChI=1S/C11H13ClN2S/c12-5-1-2-6-13-11-9-4-8-15-10(9)3-7-14-11/h3-4,7-8H,1-2,5-6H2,(H,13,14). The number of halogens is 1. The third-order valence-electron chi connectivity index (χ3n) is 2.23. The number of nitrogens with zero attached hydrogens (tertiary/aromatic N) is 1. The highest BCUT2D eigenvalue weighted by Gasteiger charge is 2.01. The molecule has 1 N–H and O–H groups in total. The van der Waals surface area contributed by atoms with Crippen LogP contribution in [0.15, 0.2) is 23.7 Å². The average Bonchev–Trinajstić information content (AvgIpc) is 2.73. The van der Waals surface area contributed by atoms with Crippen molar-refractivity contribution in [1.82, 2.24) is 4.98 Å². The molecule has 2 nitrogen and oxygen atoms in total. The number of hydrogen-bond acceptors (Lipinski definition) is 3. The van der Waals surface area contributed by atoms with Crippen molar-refractivity contribution in [3.05, 3.63) is 23.7 Å². The van der Waals surface area contributed by atoms with Gasteiger partial charge in [-0.2, -0.15) is 0 Å². The van der Waals surface area contributed by atoms with Crippen molar-refractivity contribution in [3.63, 3.8) is 0 Å². The number of pyridine rings is 1. The first-order valence-corrected chi connectivity index (χ1v) is 6.45. The summed E-state index contributed by atoms with van der Waals surface area (Å²) in [5.41, 5.74) is 0. The van der Waals surface area contributed by atoms with Gasteiger partial charge in [-0.15, -0.1) is 22.9 Å². The number of alkyl halides is 1. The summed E-state index contributed by atoms with van der Waals surface area (Å²) in [5.74, 6) is 1.72. The molecule has 2 rings (SSSR count). The Labute approximate surface area is 98.3 Å². The molecule has 2 aromatic rings. The zero-order chi connectivity index (χ0) is 10.5. The van der Waals surface area contributed by atoms with Crippen molar-refractivity contribution in [3.8, 4) is 0 Å². The first-order valence-electron chi connectivity index (χ1n) is 5.04. The van der Waals surface area contributed by atoms with Gasteiger partial charge in [0.25, 0.3) is 0 Å². The lowest BCUT2D eigenvalue weighted by molar-refractivity contribution is 0.837. The maximum Gasteiger partial charge on any atom is 0.134 e. The van der Waals surface area contributed by atoms with Crippen LogP contribution in [0.2, 0.25) is 0 Å². The van der Waals surface area contributed by atoms with Crippen molar-refractivity contribution in [1.29, 1.82) is 0 Å². The normalized spacial score (nSPS) is 10.7. The smallest absolute Gasteiger partial charge is 0.134 e. The topological polar surface area (TPSA) is 24.9 Å². The Balaban J connectivity index is 2.04. The van der Waals surface area contributed by atoms with Gasteiger partial charge in [0, 0.05) is 28.7 Å². The summed E-state index contributed by atoms with van der Waals surface area (Å²) in [5, 5.41) is 6.66. The Morgan fingerprint density at radius 3 is 3.13 bits per heavy atom. The van der Waals surface area contributed by atoms with Gasteiger partial charge in [-0.05, 0) is 30.4 Å². The van der Waals surface area contributed by atoms with Crippen LogP contribution in [0.3, 0.4) is 0 Å². The maximum absolute atomic E-state index is 5.62. The molecule has 0 spiro atoms. The molecule has 4 heteroatoms. The fourth-order valence-electron chi connectivity index (χ4n) is 1.46. The minimum absolute atomic E-state index is 0.734. The molecule has 15 heavy (non-hydrogen) atoms. The largest absolute Gasteiger partial charge is 0.370 e. The molecular formula is C11H13ClN2S. The van der Waals surface area contributed by atoms with Gasteiger partial charge in [-0.1, -0.05) is 0 Å². The van der Waals surface area contributed by atoms with Crippen LogP contribution in [0.4, 0.5) is 5.82 Å². The van der Waals surface area contributed by atoms with Crippen molar-refractivity contribution in [2.75, 3.05) is 17.7 Å². The van der Waals surface area contributed by atoms with Crippen LogP contribution in [-0.4, -0.2) is 17.4 Å². The number of anilines is 1. The predicted octanol–water partition coefficient (Wildman–Crippen LogP) is 3.73. The highest BCUT2D eigenvalue weighted by atomic mass is 35.5. The van der Waals surface area contributed by atoms with Crippen LogP contribution in [0, 0.1) is 0 Å². The van der Waals surface area contributed by atoms with E-state index in [2.05, 4.69) is 21.7 Å². The Hall–Kier alpha value is -0.800. The lowest BCUT2D eigenvalue weighted by atomic mass is 10.3. The van der Waals surface area contributed by atoms with Gasteiger partial charge in [0.15, 0.2) is 0 Å². The fourth-order valence-corrected chi connectivity index (χ4v) is 2.43. The summed E-state index contributed by atoms with van der Waals surface area (Å²) in [6, 6.07) is 4.15. The van der Waals surface area contributed by atoms with E-state index in [1.807, 2.05) is 12.3 Å². The minimum atomic E-state index is 0.734. The Kier molecular flexibility index (Phi) is 3.80. The van der Waals surface area contributed by atoms with Crippen LogP contribution in [0.1, 0.15) is 12.8 Å². The van der Waals surface area contributed by atoms with Gasteiger partial charge in [-0.25, -0.2) is 4.98 Å². The fraction of sp³-hybridized carbons (Fsp3) is 0.364. The van der Waals surface area contributed by atoms with Crippen molar-refractivity contribution >= 4 is 38.8 Å². The van der Waals surface area contributed by atoms with E-state index in [1.54, 1.807) is 11.3 Å². The first-order chi connectivity index (χ1) is 7.42. The van der Waals surface area contributed by atoms with E-state index >= 15 is 0 Å². The molecule has 0 radical (unpaired) electrons. The minimum Gasteiger partial charge on any atom is -0.370 e. The van der Waals surface area contributed by atoms with Crippen molar-refractivity contribution in [2.24, 2.45) is 0 Å². The molecule has 0 atom stereocenters. The predicted molar refractivity (Wildman–Crippen MR) is 68.1 cm³/mol. The average molecular weight is 241 g/mol. The van der Waals surface area contributed by atoms with Gasteiger partial charge in [0.05, 0.1) is 0 Å². The summed E-state index contributed by atoms with van der Waals surface area (Å²) in [7, 11) is 0. The highest BCUT2D eigenvalue weighted by Crippen LogP contribution is 2.25. The van der Waals surface area contributed by atoms with E-state index in [4.69, 9.17) is 11.6 Å². The van der Waals surface area contributed by atoms with Gasteiger partial charge in [0.1, 0.15) is 5.82 Å². The number of hydrogen-bond donors (Lipinski definition) is 1. The molecule has 0 bridgehead atoms. The zero-order valence-corrected chi connectivity index (χ0v) is 9.94. The zero-order valence-electron chi connectivity index (χ0n) is 8.37. The number of rotatable bonds is 5. The van der Waals surface area contributed by atoms with E-state index in [0.717, 1.165) is 31.1 Å². The summed E-state index contributed by atoms with van der Waals surface area (Å²) < 4.78 is 1.28. The first kappa shape index (κ1) is 10.7. The molecule has 0 amide bonds. The Bertz CT molecular complexity index is 427. The van der Waals surface area contributed by atoms with E-state index in [-0.39, 0.29) is 0 Å². The second kappa shape index (κ2) is 5.33. The SMILES string of the molecule is ClCCCCNc1nccc2sccc12. The molecule has 2 heterocycles. The van der Waals surface area contributed by atoms with Crippen LogP contribution in [0.25, 0.3) is 10.1 Å². The van der Waals surface area contributed by atoms with Crippen molar-refractivity contribution in [2.45, 2.75) is 12.8 Å². The van der Waals surface area contributed by atoms with E-state index < -0.39 is 0 Å². The Morgan fingerprint density at radius 2 is 2.27 bits per heavy atom. The maximum atomic E-state index is 5.62. The van der Waals surface area contributed by atoms with Crippen molar-refractivity contribution < 1.29 is 0 Å². The molecule has 0 fully saturated rings. The highest BCUT2D eigenvalue weighted by molar-refractivity contribution is 7.17. The summed E-state index contributed by atoms with van der Waals surface area (Å²) in [6.07, 6.45) is 3.99. The van der Waals surface area contributed by atoms with Crippen LogP contribution in [0.5, 0.6) is 0 Å². The van der Waals surface area contributed by atoms with Gasteiger partial charge in [-0.3, -0.25) is 0 Å². The monoisotopic (exact) mass is 240 g/mol. The Morgan fingerprint density at radius 1 is 1.33 bits per heavy atom. The van der Waals surface area contributed by atoms with Gasteiger partial charge < -0.3 is 5.32 Å². The summed E-state index contributed by atoms with van der Waals surface area (Å²) in [6.45, 7) is 0.939. The van der Waals surface area contributed by atoms with Gasteiger partial charge in [0.2, 0.25) is 0 Å². The molecule has 0 aliphatic heterocycles. The molecule has 0 saturated heterocycles. The summed E-state index contributed by atoms with van der Waals surface area (Å²) in [4.78, 5) is 4.34. The van der Waals surface area contributed by atoms with E-state index in [0.29, 0.717) is 0 Å². The molecule has 2 aromatic heterocycles. The van der Waals surface area contributed by atoms with Crippen LogP contribution in [-0.2, 0) is 0 Å². The molecule has 0 aromatic carbocycles. The molecule has 0 aliphatic carbocycles. The molecule has 0 saturated carbocycles. The van der Waals surface area contributed by atoms with Gasteiger partial charge >= 0.3 is 0 Å². The summed E-state index contributed by atoms with van der Waals surface area (Å²) >= 11 is 7.36. The third-order valence-corrected chi connectivity index (χ3v) is 3.38. The molecule has 0 unspecified atom stereocenters. The second-order valence-corrected chi connectivity index (χ2v) is 4.64. The van der Waals surface area contributed by atoms with E-state index in [9.17, 15) is 0 Å². The number of aromatic nitrogens is 1. The lowest BCUT2D eigenvalue weighted by Crippen LogP contribution is -2.03. The number of nitrogens with one attached hydrogen (secondary N) is 1. The lowest BCUT2D eigenvalue weighted by Gasteiger charge is -2.05. The molecule has 0 aliphatic rings. The molecule has 80 valence electrons. The second-order valence-electron chi connectivity index (χ2n) is 3.31. The molecular weight excluding hydrogens is 228 g/mol. The number of unbranched alkanes of at least 4 members (excludes halogenated alkanes) is 1. The number of thiophene rings is 1. The quantitative estimate of drug-likeness (QED) is 0.636. The van der Waals surface area contributed by atoms with Crippen LogP contribution >= 0.6 is 22.9 Å².